The second kappa shape index (κ2) is 6.65. The van der Waals surface area contributed by atoms with E-state index in [1.54, 1.807) is 4.90 Å². The van der Waals surface area contributed by atoms with Gasteiger partial charge in [-0.25, -0.2) is 0 Å². The fourth-order valence-corrected chi connectivity index (χ4v) is 3.55. The van der Waals surface area contributed by atoms with Crippen LogP contribution in [0.5, 0.6) is 0 Å². The summed E-state index contributed by atoms with van der Waals surface area (Å²) >= 11 is 0. The lowest BCUT2D eigenvalue weighted by Crippen LogP contribution is -2.40. The zero-order valence-electron chi connectivity index (χ0n) is 13.9. The Labute approximate surface area is 131 Å². The molecule has 0 unspecified atom stereocenters. The number of Topliss-reactive ketones (excluding diaryl/α,β-unsaturated/α-hetero) is 1. The lowest BCUT2D eigenvalue weighted by molar-refractivity contribution is 0.0647. The maximum Gasteiger partial charge on any atom is 0.270 e. The molecule has 1 heterocycles. The smallest absolute Gasteiger partial charge is 0.270 e. The molecule has 1 aromatic heterocycles. The van der Waals surface area contributed by atoms with Crippen molar-refractivity contribution in [3.63, 3.8) is 0 Å². The summed E-state index contributed by atoms with van der Waals surface area (Å²) < 4.78 is 0. The Morgan fingerprint density at radius 3 is 2.27 bits per heavy atom. The highest BCUT2D eigenvalue weighted by Crippen LogP contribution is 2.28. The number of aromatic amines is 1. The molecule has 1 aliphatic carbocycles. The van der Waals surface area contributed by atoms with Crippen molar-refractivity contribution in [3.05, 3.63) is 22.5 Å². The van der Waals surface area contributed by atoms with Crippen LogP contribution in [0.1, 0.15) is 64.7 Å². The van der Waals surface area contributed by atoms with Crippen LogP contribution >= 0.6 is 0 Å². The summed E-state index contributed by atoms with van der Waals surface area (Å²) in [6.45, 7) is 5.41. The molecule has 22 heavy (non-hydrogen) atoms. The summed E-state index contributed by atoms with van der Waals surface area (Å²) in [6.07, 6.45) is 3.76. The Hall–Kier alpha value is -1.62. The third kappa shape index (κ3) is 3.09. The number of hydrogen-bond donors (Lipinski definition) is 2. The molecular weight excluding hydrogens is 280 g/mol. The van der Waals surface area contributed by atoms with Crippen molar-refractivity contribution < 1.29 is 14.7 Å². The number of carbonyl (C=O) groups is 2. The molecule has 5 nitrogen and oxygen atoms in total. The quantitative estimate of drug-likeness (QED) is 0.839. The Morgan fingerprint density at radius 2 is 1.82 bits per heavy atom. The van der Waals surface area contributed by atoms with E-state index in [4.69, 9.17) is 0 Å². The molecule has 0 spiro atoms. The van der Waals surface area contributed by atoms with Crippen molar-refractivity contribution >= 4 is 11.7 Å². The number of carbonyl (C=O) groups excluding carboxylic acids is 2. The molecule has 0 atom stereocenters. The van der Waals surface area contributed by atoms with E-state index in [1.807, 2.05) is 20.9 Å². The number of aryl methyl sites for hydroxylation is 1. The van der Waals surface area contributed by atoms with E-state index < -0.39 is 0 Å². The molecule has 1 aliphatic rings. The Balaban J connectivity index is 2.15. The molecule has 0 bridgehead atoms. The first-order valence-corrected chi connectivity index (χ1v) is 7.94. The van der Waals surface area contributed by atoms with Crippen LogP contribution in [0.15, 0.2) is 0 Å². The fourth-order valence-electron chi connectivity index (χ4n) is 3.55. The van der Waals surface area contributed by atoms with Crippen molar-refractivity contribution in [3.8, 4) is 0 Å². The lowest BCUT2D eigenvalue weighted by atomic mass is 9.86. The third-order valence-corrected chi connectivity index (χ3v) is 4.95. The summed E-state index contributed by atoms with van der Waals surface area (Å²) in [6, 6.07) is 0.207. The normalized spacial score (nSPS) is 21.7. The van der Waals surface area contributed by atoms with Gasteiger partial charge in [0.05, 0.1) is 0 Å². The van der Waals surface area contributed by atoms with Gasteiger partial charge < -0.3 is 15.0 Å². The summed E-state index contributed by atoms with van der Waals surface area (Å²) in [5, 5.41) is 9.21. The average molecular weight is 306 g/mol. The van der Waals surface area contributed by atoms with Crippen LogP contribution in [0.2, 0.25) is 0 Å². The maximum atomic E-state index is 12.7. The van der Waals surface area contributed by atoms with E-state index in [1.165, 1.54) is 6.92 Å². The van der Waals surface area contributed by atoms with E-state index in [0.717, 1.165) is 36.9 Å². The Kier molecular flexibility index (Phi) is 5.06. The van der Waals surface area contributed by atoms with Gasteiger partial charge in [0.25, 0.3) is 5.91 Å². The van der Waals surface area contributed by atoms with Crippen LogP contribution in [0, 0.1) is 19.8 Å². The summed E-state index contributed by atoms with van der Waals surface area (Å²) in [5.74, 6) is 0.301. The van der Waals surface area contributed by atoms with Gasteiger partial charge >= 0.3 is 0 Å². The first-order chi connectivity index (χ1) is 10.4. The van der Waals surface area contributed by atoms with Gasteiger partial charge in [0.1, 0.15) is 5.69 Å². The highest BCUT2D eigenvalue weighted by Gasteiger charge is 2.29. The largest absolute Gasteiger partial charge is 0.396 e. The van der Waals surface area contributed by atoms with E-state index in [2.05, 4.69) is 4.98 Å². The molecule has 122 valence electrons. The van der Waals surface area contributed by atoms with Gasteiger partial charge in [-0.15, -0.1) is 0 Å². The molecule has 0 aliphatic heterocycles. The number of nitrogens with one attached hydrogen (secondary N) is 1. The van der Waals surface area contributed by atoms with E-state index in [9.17, 15) is 14.7 Å². The van der Waals surface area contributed by atoms with Crippen molar-refractivity contribution in [2.45, 2.75) is 52.5 Å². The van der Waals surface area contributed by atoms with E-state index in [0.29, 0.717) is 17.2 Å². The minimum atomic E-state index is -0.0550. The number of rotatable bonds is 4. The lowest BCUT2D eigenvalue weighted by Gasteiger charge is -2.34. The molecule has 2 rings (SSSR count). The van der Waals surface area contributed by atoms with Gasteiger partial charge in [-0.1, -0.05) is 0 Å². The van der Waals surface area contributed by atoms with Gasteiger partial charge in [0, 0.05) is 31.0 Å². The molecule has 0 saturated heterocycles. The number of amides is 1. The van der Waals surface area contributed by atoms with Crippen molar-refractivity contribution in [1.82, 2.24) is 9.88 Å². The number of aliphatic hydroxyl groups excluding tert-OH is 1. The fraction of sp³-hybridized carbons (Fsp3) is 0.647. The Morgan fingerprint density at radius 1 is 1.23 bits per heavy atom. The highest BCUT2D eigenvalue weighted by molar-refractivity contribution is 6.02. The zero-order chi connectivity index (χ0) is 16.4. The first kappa shape index (κ1) is 16.7. The third-order valence-electron chi connectivity index (χ3n) is 4.95. The number of ketones is 1. The highest BCUT2D eigenvalue weighted by atomic mass is 16.3. The average Bonchev–Trinajstić information content (AvgIpc) is 2.80. The molecule has 5 heteroatoms. The van der Waals surface area contributed by atoms with Crippen molar-refractivity contribution in [1.29, 1.82) is 0 Å². The monoisotopic (exact) mass is 306 g/mol. The van der Waals surface area contributed by atoms with Crippen LogP contribution in [0.3, 0.4) is 0 Å². The topological polar surface area (TPSA) is 73.4 Å². The second-order valence-corrected chi connectivity index (χ2v) is 6.45. The maximum absolute atomic E-state index is 12.7. The molecule has 1 aromatic rings. The molecule has 1 amide bonds. The van der Waals surface area contributed by atoms with E-state index in [-0.39, 0.29) is 24.3 Å². The summed E-state index contributed by atoms with van der Waals surface area (Å²) in [5.41, 5.74) is 2.65. The predicted molar refractivity (Wildman–Crippen MR) is 85.2 cm³/mol. The van der Waals surface area contributed by atoms with Crippen LogP contribution in [-0.2, 0) is 0 Å². The minimum absolute atomic E-state index is 0.0172. The molecule has 2 N–H and O–H groups in total. The Bertz CT molecular complexity index is 569. The number of nitrogens with zero attached hydrogens (tertiary/aromatic N) is 1. The SMILES string of the molecule is CC(=O)c1c(C)[nH]c(C(=O)N(C)C2CCC(CO)CC2)c1C. The number of aliphatic hydroxyl groups is 1. The molecule has 1 fully saturated rings. The standard InChI is InChI=1S/C17H26N2O3/c1-10-15(12(3)21)11(2)18-16(10)17(22)19(4)14-7-5-13(9-20)6-8-14/h13-14,18,20H,5-9H2,1-4H3. The predicted octanol–water partition coefficient (Wildman–Crippen LogP) is 2.46. The zero-order valence-corrected chi connectivity index (χ0v) is 13.9. The first-order valence-electron chi connectivity index (χ1n) is 7.94. The van der Waals surface area contributed by atoms with Crippen molar-refractivity contribution in [2.24, 2.45) is 5.92 Å². The van der Waals surface area contributed by atoms with Gasteiger partial charge in [-0.3, -0.25) is 9.59 Å². The number of aromatic nitrogens is 1. The minimum Gasteiger partial charge on any atom is -0.396 e. The van der Waals surface area contributed by atoms with Crippen LogP contribution in [0.4, 0.5) is 0 Å². The second-order valence-electron chi connectivity index (χ2n) is 6.45. The van der Waals surface area contributed by atoms with Crippen LogP contribution in [-0.4, -0.2) is 46.4 Å². The van der Waals surface area contributed by atoms with Crippen LogP contribution in [0.25, 0.3) is 0 Å². The molecule has 0 radical (unpaired) electrons. The van der Waals surface area contributed by atoms with Gasteiger partial charge in [-0.2, -0.15) is 0 Å². The molecular formula is C17H26N2O3. The number of H-pyrrole nitrogens is 1. The summed E-state index contributed by atoms with van der Waals surface area (Å²) in [4.78, 5) is 29.3. The molecule has 0 aromatic carbocycles. The molecule has 1 saturated carbocycles. The van der Waals surface area contributed by atoms with Crippen LogP contribution < -0.4 is 0 Å². The number of hydrogen-bond acceptors (Lipinski definition) is 3. The van der Waals surface area contributed by atoms with Gasteiger partial charge in [0.15, 0.2) is 5.78 Å². The van der Waals surface area contributed by atoms with E-state index >= 15 is 0 Å². The summed E-state index contributed by atoms with van der Waals surface area (Å²) in [7, 11) is 1.83. The van der Waals surface area contributed by atoms with Gasteiger partial charge in [-0.05, 0) is 57.9 Å². The van der Waals surface area contributed by atoms with Gasteiger partial charge in [0.2, 0.25) is 0 Å². The van der Waals surface area contributed by atoms with Crippen molar-refractivity contribution in [2.75, 3.05) is 13.7 Å².